The van der Waals surface area contributed by atoms with Gasteiger partial charge in [-0.1, -0.05) is 30.3 Å². The SMILES string of the molecule is O=C(/C=C/[N+](=O)[O-])OCc1ccccc1. The molecule has 0 amide bonds. The van der Waals surface area contributed by atoms with Crippen molar-refractivity contribution in [2.75, 3.05) is 0 Å². The Hall–Kier alpha value is -2.17. The van der Waals surface area contributed by atoms with Gasteiger partial charge in [-0.15, -0.1) is 0 Å². The zero-order valence-corrected chi connectivity index (χ0v) is 7.83. The molecule has 0 saturated carbocycles. The number of carbonyl (C=O) groups excluding carboxylic acids is 1. The Kier molecular flexibility index (Phi) is 4.03. The van der Waals surface area contributed by atoms with Crippen molar-refractivity contribution in [2.45, 2.75) is 6.61 Å². The monoisotopic (exact) mass is 207 g/mol. The van der Waals surface area contributed by atoms with E-state index in [1.807, 2.05) is 18.2 Å². The van der Waals surface area contributed by atoms with E-state index in [2.05, 4.69) is 0 Å². The predicted octanol–water partition coefficient (Wildman–Crippen LogP) is 1.52. The molecule has 1 rings (SSSR count). The van der Waals surface area contributed by atoms with Gasteiger partial charge < -0.3 is 4.74 Å². The number of benzene rings is 1. The van der Waals surface area contributed by atoms with E-state index in [-0.39, 0.29) is 6.61 Å². The average Bonchev–Trinajstić information content (AvgIpc) is 2.25. The molecule has 0 spiro atoms. The van der Waals surface area contributed by atoms with Crippen molar-refractivity contribution >= 4 is 5.97 Å². The standard InChI is InChI=1S/C10H9NO4/c12-10(6-7-11(13)14)15-8-9-4-2-1-3-5-9/h1-7H,8H2/b7-6+. The summed E-state index contributed by atoms with van der Waals surface area (Å²) in [7, 11) is 0. The molecule has 0 aliphatic rings. The molecule has 15 heavy (non-hydrogen) atoms. The van der Waals surface area contributed by atoms with E-state index in [0.717, 1.165) is 11.6 Å². The highest BCUT2D eigenvalue weighted by Gasteiger charge is 1.99. The van der Waals surface area contributed by atoms with Crippen LogP contribution in [0.25, 0.3) is 0 Å². The molecule has 78 valence electrons. The Balaban J connectivity index is 2.38. The number of esters is 1. The first-order valence-electron chi connectivity index (χ1n) is 4.21. The molecule has 5 nitrogen and oxygen atoms in total. The fourth-order valence-corrected chi connectivity index (χ4v) is 0.899. The second kappa shape index (κ2) is 5.54. The summed E-state index contributed by atoms with van der Waals surface area (Å²) < 4.78 is 4.75. The van der Waals surface area contributed by atoms with Crippen molar-refractivity contribution in [1.82, 2.24) is 0 Å². The Morgan fingerprint density at radius 1 is 1.40 bits per heavy atom. The summed E-state index contributed by atoms with van der Waals surface area (Å²) in [6.07, 6.45) is 1.33. The molecule has 0 aliphatic carbocycles. The summed E-state index contributed by atoms with van der Waals surface area (Å²) in [4.78, 5) is 20.1. The number of carbonyl (C=O) groups is 1. The van der Waals surface area contributed by atoms with E-state index in [9.17, 15) is 14.9 Å². The number of hydrogen-bond acceptors (Lipinski definition) is 4. The van der Waals surface area contributed by atoms with Gasteiger partial charge in [0, 0.05) is 0 Å². The van der Waals surface area contributed by atoms with Crippen LogP contribution in [0.2, 0.25) is 0 Å². The highest BCUT2D eigenvalue weighted by atomic mass is 16.6. The first-order valence-corrected chi connectivity index (χ1v) is 4.21. The van der Waals surface area contributed by atoms with E-state index in [1.54, 1.807) is 12.1 Å². The molecule has 0 fully saturated rings. The first kappa shape index (κ1) is 10.9. The maximum Gasteiger partial charge on any atom is 0.337 e. The van der Waals surface area contributed by atoms with Crippen LogP contribution in [0.5, 0.6) is 0 Å². The van der Waals surface area contributed by atoms with Gasteiger partial charge in [-0.3, -0.25) is 10.1 Å². The van der Waals surface area contributed by atoms with E-state index < -0.39 is 10.9 Å². The van der Waals surface area contributed by atoms with Crippen molar-refractivity contribution in [2.24, 2.45) is 0 Å². The Morgan fingerprint density at radius 3 is 2.67 bits per heavy atom. The number of nitro groups is 1. The molecule has 0 atom stereocenters. The van der Waals surface area contributed by atoms with Crippen LogP contribution in [0.4, 0.5) is 0 Å². The molecule has 1 aromatic rings. The fraction of sp³-hybridized carbons (Fsp3) is 0.100. The van der Waals surface area contributed by atoms with Crippen LogP contribution in [0.3, 0.4) is 0 Å². The lowest BCUT2D eigenvalue weighted by atomic mass is 10.2. The first-order chi connectivity index (χ1) is 7.18. The summed E-state index contributed by atoms with van der Waals surface area (Å²) in [6.45, 7) is 0.113. The van der Waals surface area contributed by atoms with Crippen molar-refractivity contribution in [3.8, 4) is 0 Å². The largest absolute Gasteiger partial charge is 0.457 e. The fourth-order valence-electron chi connectivity index (χ4n) is 0.899. The Labute approximate surface area is 86.1 Å². The molecule has 0 N–H and O–H groups in total. The third-order valence-electron chi connectivity index (χ3n) is 1.56. The number of ether oxygens (including phenoxy) is 1. The van der Waals surface area contributed by atoms with Gasteiger partial charge in [0.1, 0.15) is 6.61 Å². The van der Waals surface area contributed by atoms with Crippen LogP contribution in [0.15, 0.2) is 42.6 Å². The predicted molar refractivity (Wildman–Crippen MR) is 52.4 cm³/mol. The van der Waals surface area contributed by atoms with Gasteiger partial charge >= 0.3 is 5.97 Å². The zero-order chi connectivity index (χ0) is 11.1. The summed E-state index contributed by atoms with van der Waals surface area (Å²) in [5.74, 6) is -0.726. The van der Waals surface area contributed by atoms with Crippen LogP contribution in [-0.2, 0) is 16.1 Å². The topological polar surface area (TPSA) is 69.4 Å². The summed E-state index contributed by atoms with van der Waals surface area (Å²) >= 11 is 0. The molecule has 1 aromatic carbocycles. The minimum absolute atomic E-state index is 0.113. The quantitative estimate of drug-likeness (QED) is 0.325. The lowest BCUT2D eigenvalue weighted by Crippen LogP contribution is -2.01. The minimum atomic E-state index is -0.726. The molecular weight excluding hydrogens is 198 g/mol. The summed E-state index contributed by atoms with van der Waals surface area (Å²) in [5, 5.41) is 9.89. The highest BCUT2D eigenvalue weighted by molar-refractivity contribution is 5.81. The summed E-state index contributed by atoms with van der Waals surface area (Å²) in [5.41, 5.74) is 0.834. The van der Waals surface area contributed by atoms with Gasteiger partial charge in [0.05, 0.1) is 11.0 Å². The molecular formula is C10H9NO4. The van der Waals surface area contributed by atoms with E-state index in [1.165, 1.54) is 0 Å². The summed E-state index contributed by atoms with van der Waals surface area (Å²) in [6, 6.07) is 9.07. The smallest absolute Gasteiger partial charge is 0.337 e. The second-order valence-electron chi connectivity index (χ2n) is 2.69. The number of nitrogens with zero attached hydrogens (tertiary/aromatic N) is 1. The molecule has 5 heteroatoms. The van der Waals surface area contributed by atoms with Crippen LogP contribution < -0.4 is 0 Å². The Morgan fingerprint density at radius 2 is 2.07 bits per heavy atom. The Bertz CT molecular complexity index is 372. The van der Waals surface area contributed by atoms with Gasteiger partial charge in [0.25, 0.3) is 0 Å². The zero-order valence-electron chi connectivity index (χ0n) is 7.83. The maximum atomic E-state index is 10.9. The van der Waals surface area contributed by atoms with E-state index in [4.69, 9.17) is 4.74 Å². The molecule has 0 saturated heterocycles. The third-order valence-corrected chi connectivity index (χ3v) is 1.56. The highest BCUT2D eigenvalue weighted by Crippen LogP contribution is 2.00. The number of rotatable bonds is 4. The van der Waals surface area contributed by atoms with Crippen molar-refractivity contribution in [3.05, 3.63) is 58.3 Å². The maximum absolute atomic E-state index is 10.9. The lowest BCUT2D eigenvalue weighted by molar-refractivity contribution is -0.402. The third kappa shape index (κ3) is 4.56. The van der Waals surface area contributed by atoms with Gasteiger partial charge in [-0.25, -0.2) is 4.79 Å². The molecule has 0 radical (unpaired) electrons. The van der Waals surface area contributed by atoms with Crippen LogP contribution >= 0.6 is 0 Å². The van der Waals surface area contributed by atoms with Crippen molar-refractivity contribution < 1.29 is 14.5 Å². The van der Waals surface area contributed by atoms with Gasteiger partial charge in [-0.2, -0.15) is 0 Å². The van der Waals surface area contributed by atoms with E-state index >= 15 is 0 Å². The lowest BCUT2D eigenvalue weighted by Gasteiger charge is -2.00. The molecule has 0 aliphatic heterocycles. The normalized spacial score (nSPS) is 10.1. The van der Waals surface area contributed by atoms with Crippen LogP contribution in [0.1, 0.15) is 5.56 Å². The van der Waals surface area contributed by atoms with Gasteiger partial charge in [0.15, 0.2) is 0 Å². The molecule has 0 unspecified atom stereocenters. The number of hydrogen-bond donors (Lipinski definition) is 0. The van der Waals surface area contributed by atoms with Crippen molar-refractivity contribution in [3.63, 3.8) is 0 Å². The van der Waals surface area contributed by atoms with Crippen molar-refractivity contribution in [1.29, 1.82) is 0 Å². The van der Waals surface area contributed by atoms with Gasteiger partial charge in [0.2, 0.25) is 6.20 Å². The molecule has 0 aromatic heterocycles. The second-order valence-corrected chi connectivity index (χ2v) is 2.69. The molecule has 0 bridgehead atoms. The van der Waals surface area contributed by atoms with Crippen LogP contribution in [0, 0.1) is 10.1 Å². The van der Waals surface area contributed by atoms with Crippen LogP contribution in [-0.4, -0.2) is 10.9 Å². The molecule has 0 heterocycles. The average molecular weight is 207 g/mol. The van der Waals surface area contributed by atoms with E-state index in [0.29, 0.717) is 6.20 Å². The minimum Gasteiger partial charge on any atom is -0.457 e. The van der Waals surface area contributed by atoms with Gasteiger partial charge in [-0.05, 0) is 5.56 Å².